The van der Waals surface area contributed by atoms with E-state index in [1.54, 1.807) is 0 Å². The molecule has 0 amide bonds. The van der Waals surface area contributed by atoms with E-state index >= 15 is 0 Å². The monoisotopic (exact) mass is 233 g/mol. The summed E-state index contributed by atoms with van der Waals surface area (Å²) in [6.45, 7) is 4.85. The van der Waals surface area contributed by atoms with Crippen LogP contribution in [0.5, 0.6) is 0 Å². The Labute approximate surface area is 93.3 Å². The highest BCUT2D eigenvalue weighted by Crippen LogP contribution is 2.38. The molecule has 1 aliphatic rings. The Morgan fingerprint density at radius 2 is 1.93 bits per heavy atom. The molecule has 1 aliphatic heterocycles. The second-order valence-electron chi connectivity index (χ2n) is 4.93. The Morgan fingerprint density at radius 3 is 2.27 bits per heavy atom. The highest BCUT2D eigenvalue weighted by atomic mass is 32.2. The molecule has 0 aromatic heterocycles. The second kappa shape index (κ2) is 4.83. The fourth-order valence-electron chi connectivity index (χ4n) is 2.58. The number of nitrogens with two attached hydrogens (primary N) is 1. The molecule has 1 fully saturated rings. The van der Waals surface area contributed by atoms with E-state index in [4.69, 9.17) is 5.73 Å². The van der Waals surface area contributed by atoms with E-state index in [-0.39, 0.29) is 5.41 Å². The molecule has 0 spiro atoms. The van der Waals surface area contributed by atoms with Crippen molar-refractivity contribution in [2.24, 2.45) is 17.1 Å². The Kier molecular flexibility index (Phi) is 4.18. The van der Waals surface area contributed by atoms with Crippen molar-refractivity contribution in [3.8, 4) is 0 Å². The average Bonchev–Trinajstić information content (AvgIpc) is 2.52. The predicted molar refractivity (Wildman–Crippen MR) is 63.4 cm³/mol. The Balaban J connectivity index is 2.71. The van der Waals surface area contributed by atoms with Crippen molar-refractivity contribution in [1.29, 1.82) is 0 Å². The minimum Gasteiger partial charge on any atom is -0.330 e. The lowest BCUT2D eigenvalue weighted by atomic mass is 9.77. The van der Waals surface area contributed by atoms with Crippen molar-refractivity contribution >= 4 is 9.84 Å². The van der Waals surface area contributed by atoms with Crippen molar-refractivity contribution < 1.29 is 8.42 Å². The molecule has 1 heterocycles. The lowest BCUT2D eigenvalue weighted by Crippen LogP contribution is -2.33. The minimum atomic E-state index is -2.81. The van der Waals surface area contributed by atoms with Gasteiger partial charge < -0.3 is 5.73 Å². The van der Waals surface area contributed by atoms with Gasteiger partial charge in [0.25, 0.3) is 0 Å². The molecule has 0 aromatic carbocycles. The van der Waals surface area contributed by atoms with Gasteiger partial charge in [0.05, 0.1) is 11.5 Å². The fraction of sp³-hybridized carbons (Fsp3) is 1.00. The molecule has 0 saturated carbocycles. The van der Waals surface area contributed by atoms with Crippen LogP contribution in [0.2, 0.25) is 0 Å². The molecule has 1 unspecified atom stereocenters. The van der Waals surface area contributed by atoms with Gasteiger partial charge in [0.1, 0.15) is 0 Å². The maximum atomic E-state index is 11.5. The molecular formula is C11H23NO2S. The maximum absolute atomic E-state index is 11.5. The first-order valence-electron chi connectivity index (χ1n) is 5.87. The van der Waals surface area contributed by atoms with Crippen molar-refractivity contribution in [2.45, 2.75) is 39.5 Å². The molecule has 4 heteroatoms. The fourth-order valence-corrected chi connectivity index (χ4v) is 4.78. The lowest BCUT2D eigenvalue weighted by molar-refractivity contribution is 0.246. The van der Waals surface area contributed by atoms with Gasteiger partial charge in [0, 0.05) is 0 Å². The molecule has 1 rings (SSSR count). The van der Waals surface area contributed by atoms with Crippen LogP contribution < -0.4 is 5.73 Å². The molecule has 90 valence electrons. The zero-order chi connectivity index (χ0) is 11.5. The summed E-state index contributed by atoms with van der Waals surface area (Å²) in [7, 11) is -2.81. The number of hydrogen-bond acceptors (Lipinski definition) is 3. The first kappa shape index (κ1) is 13.0. The smallest absolute Gasteiger partial charge is 0.150 e. The summed E-state index contributed by atoms with van der Waals surface area (Å²) in [5, 5.41) is 0. The van der Waals surface area contributed by atoms with Gasteiger partial charge in [0.2, 0.25) is 0 Å². The number of sulfone groups is 1. The van der Waals surface area contributed by atoms with Gasteiger partial charge in [-0.1, -0.05) is 26.7 Å². The van der Waals surface area contributed by atoms with E-state index in [1.807, 2.05) is 0 Å². The Hall–Kier alpha value is -0.0900. The summed E-state index contributed by atoms with van der Waals surface area (Å²) in [5.41, 5.74) is 5.67. The molecular weight excluding hydrogens is 210 g/mol. The van der Waals surface area contributed by atoms with E-state index in [0.29, 0.717) is 24.0 Å². The van der Waals surface area contributed by atoms with E-state index in [0.717, 1.165) is 25.7 Å². The summed E-state index contributed by atoms with van der Waals surface area (Å²) in [5.74, 6) is 1.28. The third-order valence-corrected chi connectivity index (χ3v) is 5.66. The van der Waals surface area contributed by atoms with Gasteiger partial charge in [-0.05, 0) is 30.7 Å². The standard InChI is InChI=1S/C11H23NO2S/c1-3-10(4-2)7-11(8-12)5-6-15(13,14)9-11/h10H,3-9,12H2,1-2H3. The van der Waals surface area contributed by atoms with Gasteiger partial charge in [0.15, 0.2) is 9.84 Å². The first-order valence-corrected chi connectivity index (χ1v) is 7.69. The summed E-state index contributed by atoms with van der Waals surface area (Å²) >= 11 is 0. The summed E-state index contributed by atoms with van der Waals surface area (Å²) in [6.07, 6.45) is 3.99. The minimum absolute atomic E-state index is 0.116. The molecule has 15 heavy (non-hydrogen) atoms. The molecule has 1 saturated heterocycles. The third kappa shape index (κ3) is 3.18. The van der Waals surface area contributed by atoms with Crippen LogP contribution in [0.3, 0.4) is 0 Å². The molecule has 0 aromatic rings. The van der Waals surface area contributed by atoms with Crippen LogP contribution in [-0.4, -0.2) is 26.5 Å². The van der Waals surface area contributed by atoms with Crippen LogP contribution in [0.25, 0.3) is 0 Å². The van der Waals surface area contributed by atoms with E-state index in [9.17, 15) is 8.42 Å². The Bertz CT molecular complexity index is 296. The number of hydrogen-bond donors (Lipinski definition) is 1. The number of rotatable bonds is 5. The zero-order valence-electron chi connectivity index (χ0n) is 9.83. The molecule has 2 N–H and O–H groups in total. The van der Waals surface area contributed by atoms with Crippen LogP contribution in [0.15, 0.2) is 0 Å². The summed E-state index contributed by atoms with van der Waals surface area (Å²) < 4.78 is 23.0. The Morgan fingerprint density at radius 1 is 1.33 bits per heavy atom. The van der Waals surface area contributed by atoms with E-state index in [2.05, 4.69) is 13.8 Å². The van der Waals surface area contributed by atoms with Gasteiger partial charge in [-0.15, -0.1) is 0 Å². The predicted octanol–water partition coefficient (Wildman–Crippen LogP) is 1.58. The summed E-state index contributed by atoms with van der Waals surface area (Å²) in [4.78, 5) is 0. The van der Waals surface area contributed by atoms with E-state index < -0.39 is 9.84 Å². The molecule has 1 atom stereocenters. The van der Waals surface area contributed by atoms with Crippen LogP contribution in [-0.2, 0) is 9.84 Å². The second-order valence-corrected chi connectivity index (χ2v) is 7.12. The normalized spacial score (nSPS) is 29.9. The highest BCUT2D eigenvalue weighted by molar-refractivity contribution is 7.91. The summed E-state index contributed by atoms with van der Waals surface area (Å²) in [6, 6.07) is 0. The van der Waals surface area contributed by atoms with Gasteiger partial charge >= 0.3 is 0 Å². The van der Waals surface area contributed by atoms with Gasteiger partial charge in [-0.25, -0.2) is 8.42 Å². The van der Waals surface area contributed by atoms with Gasteiger partial charge in [-0.2, -0.15) is 0 Å². The topological polar surface area (TPSA) is 60.2 Å². The van der Waals surface area contributed by atoms with Gasteiger partial charge in [-0.3, -0.25) is 0 Å². The van der Waals surface area contributed by atoms with Crippen molar-refractivity contribution in [2.75, 3.05) is 18.1 Å². The van der Waals surface area contributed by atoms with Crippen molar-refractivity contribution in [1.82, 2.24) is 0 Å². The maximum Gasteiger partial charge on any atom is 0.150 e. The van der Waals surface area contributed by atoms with Crippen molar-refractivity contribution in [3.05, 3.63) is 0 Å². The van der Waals surface area contributed by atoms with Crippen LogP contribution in [0, 0.1) is 11.3 Å². The average molecular weight is 233 g/mol. The van der Waals surface area contributed by atoms with Crippen LogP contribution in [0.4, 0.5) is 0 Å². The zero-order valence-corrected chi connectivity index (χ0v) is 10.6. The van der Waals surface area contributed by atoms with Crippen molar-refractivity contribution in [3.63, 3.8) is 0 Å². The molecule has 0 aliphatic carbocycles. The third-order valence-electron chi connectivity index (χ3n) is 3.78. The molecule has 0 bridgehead atoms. The van der Waals surface area contributed by atoms with Crippen LogP contribution in [0.1, 0.15) is 39.5 Å². The highest BCUT2D eigenvalue weighted by Gasteiger charge is 2.41. The lowest BCUT2D eigenvalue weighted by Gasteiger charge is -2.29. The van der Waals surface area contributed by atoms with Crippen LogP contribution >= 0.6 is 0 Å². The quantitative estimate of drug-likeness (QED) is 0.784. The molecule has 0 radical (unpaired) electrons. The molecule has 3 nitrogen and oxygen atoms in total. The van der Waals surface area contributed by atoms with E-state index in [1.165, 1.54) is 0 Å². The first-order chi connectivity index (χ1) is 6.97. The largest absolute Gasteiger partial charge is 0.330 e. The SMILES string of the molecule is CCC(CC)CC1(CN)CCS(=O)(=O)C1.